The average Bonchev–Trinajstić information content (AvgIpc) is 2.37. The highest BCUT2D eigenvalue weighted by Crippen LogP contribution is 2.25. The number of carbonyl (C=O) groups excluding carboxylic acids is 1. The van der Waals surface area contributed by atoms with Gasteiger partial charge in [0, 0.05) is 24.3 Å². The van der Waals surface area contributed by atoms with Gasteiger partial charge < -0.3 is 9.80 Å². The molecule has 1 aromatic rings. The number of rotatable bonds is 7. The van der Waals surface area contributed by atoms with E-state index in [1.807, 2.05) is 14.1 Å². The largest absolute Gasteiger partial charge is 0.371 e. The van der Waals surface area contributed by atoms with Crippen LogP contribution in [-0.2, 0) is 0 Å². The molecular formula is C16H25FN2O. The normalized spacial score (nSPS) is 10.9. The summed E-state index contributed by atoms with van der Waals surface area (Å²) in [4.78, 5) is 16.0. The van der Waals surface area contributed by atoms with E-state index < -0.39 is 0 Å². The molecule has 20 heavy (non-hydrogen) atoms. The maximum atomic E-state index is 13.7. The highest BCUT2D eigenvalue weighted by Gasteiger charge is 2.15. The van der Waals surface area contributed by atoms with Gasteiger partial charge in [-0.15, -0.1) is 0 Å². The lowest BCUT2D eigenvalue weighted by Gasteiger charge is -2.26. The summed E-state index contributed by atoms with van der Waals surface area (Å²) in [5.41, 5.74) is 1.90. The summed E-state index contributed by atoms with van der Waals surface area (Å²) in [5.74, 6) is -0.409. The topological polar surface area (TPSA) is 23.6 Å². The average molecular weight is 280 g/mol. The molecule has 0 atom stereocenters. The molecule has 0 aliphatic carbocycles. The van der Waals surface area contributed by atoms with Crippen LogP contribution in [0.3, 0.4) is 0 Å². The van der Waals surface area contributed by atoms with Crippen molar-refractivity contribution in [3.8, 4) is 0 Å². The van der Waals surface area contributed by atoms with Crippen molar-refractivity contribution in [3.05, 3.63) is 29.1 Å². The second-order valence-electron chi connectivity index (χ2n) is 5.41. The molecule has 1 aromatic carbocycles. The summed E-state index contributed by atoms with van der Waals surface area (Å²) in [6.07, 6.45) is 1.01. The molecule has 0 saturated carbocycles. The van der Waals surface area contributed by atoms with E-state index in [1.54, 1.807) is 13.0 Å². The highest BCUT2D eigenvalue weighted by atomic mass is 19.1. The van der Waals surface area contributed by atoms with Gasteiger partial charge in [-0.3, -0.25) is 4.79 Å². The third kappa shape index (κ3) is 4.30. The van der Waals surface area contributed by atoms with Crippen molar-refractivity contribution in [3.63, 3.8) is 0 Å². The minimum atomic E-state index is -0.316. The van der Waals surface area contributed by atoms with Crippen molar-refractivity contribution in [2.75, 3.05) is 38.6 Å². The second-order valence-corrected chi connectivity index (χ2v) is 5.41. The lowest BCUT2D eigenvalue weighted by Crippen LogP contribution is -2.28. The Labute approximate surface area is 121 Å². The minimum absolute atomic E-state index is 0.0926. The van der Waals surface area contributed by atoms with E-state index in [9.17, 15) is 9.18 Å². The molecule has 0 aromatic heterocycles. The van der Waals surface area contributed by atoms with E-state index in [0.717, 1.165) is 31.7 Å². The van der Waals surface area contributed by atoms with Gasteiger partial charge in [-0.25, -0.2) is 4.39 Å². The third-order valence-electron chi connectivity index (χ3n) is 3.41. The van der Waals surface area contributed by atoms with Crippen LogP contribution in [0.1, 0.15) is 36.2 Å². The summed E-state index contributed by atoms with van der Waals surface area (Å²) in [5, 5.41) is 0. The maximum Gasteiger partial charge on any atom is 0.161 e. The Morgan fingerprint density at radius 3 is 2.40 bits per heavy atom. The number of carbonyl (C=O) groups is 1. The molecule has 0 fully saturated rings. The van der Waals surface area contributed by atoms with Crippen molar-refractivity contribution in [1.82, 2.24) is 4.90 Å². The Morgan fingerprint density at radius 1 is 1.25 bits per heavy atom. The number of nitrogens with zero attached hydrogens (tertiary/aromatic N) is 2. The van der Waals surface area contributed by atoms with Crippen LogP contribution in [0, 0.1) is 12.7 Å². The molecule has 0 N–H and O–H groups in total. The molecule has 1 rings (SSSR count). The first kappa shape index (κ1) is 16.6. The van der Waals surface area contributed by atoms with Crippen LogP contribution in [-0.4, -0.2) is 44.4 Å². The molecular weight excluding hydrogens is 255 g/mol. The van der Waals surface area contributed by atoms with Crippen LogP contribution >= 0.6 is 0 Å². The highest BCUT2D eigenvalue weighted by molar-refractivity contribution is 5.99. The van der Waals surface area contributed by atoms with Crippen LogP contribution in [0.2, 0.25) is 0 Å². The Balaban J connectivity index is 3.01. The van der Waals surface area contributed by atoms with Gasteiger partial charge >= 0.3 is 0 Å². The summed E-state index contributed by atoms with van der Waals surface area (Å²) < 4.78 is 13.7. The standard InChI is InChI=1S/C16H25FN2O/c1-6-19(9-7-8-18(4)5)16-10-12(2)15(17)11-14(16)13(3)20/h10-11H,6-9H2,1-5H3. The molecule has 0 unspecified atom stereocenters. The Hall–Kier alpha value is -1.42. The molecule has 0 spiro atoms. The number of hydrogen-bond acceptors (Lipinski definition) is 3. The zero-order valence-corrected chi connectivity index (χ0v) is 13.2. The predicted octanol–water partition coefficient (Wildman–Crippen LogP) is 3.11. The SMILES string of the molecule is CCN(CCCN(C)C)c1cc(C)c(F)cc1C(C)=O. The van der Waals surface area contributed by atoms with Gasteiger partial charge in [-0.1, -0.05) is 0 Å². The molecule has 0 amide bonds. The first-order valence-electron chi connectivity index (χ1n) is 7.07. The van der Waals surface area contributed by atoms with Gasteiger partial charge in [-0.2, -0.15) is 0 Å². The van der Waals surface area contributed by atoms with E-state index in [-0.39, 0.29) is 11.6 Å². The predicted molar refractivity (Wildman–Crippen MR) is 82.2 cm³/mol. The van der Waals surface area contributed by atoms with Crippen LogP contribution in [0.5, 0.6) is 0 Å². The number of anilines is 1. The number of Topliss-reactive ketones (excluding diaryl/α,β-unsaturated/α-hetero) is 1. The number of ketones is 1. The first-order valence-corrected chi connectivity index (χ1v) is 7.07. The maximum absolute atomic E-state index is 13.7. The zero-order valence-electron chi connectivity index (χ0n) is 13.2. The molecule has 0 saturated heterocycles. The fourth-order valence-electron chi connectivity index (χ4n) is 2.24. The Morgan fingerprint density at radius 2 is 1.90 bits per heavy atom. The van der Waals surface area contributed by atoms with Crippen LogP contribution in [0.25, 0.3) is 0 Å². The molecule has 112 valence electrons. The summed E-state index contributed by atoms with van der Waals surface area (Å²) in [7, 11) is 4.08. The van der Waals surface area contributed by atoms with E-state index in [4.69, 9.17) is 0 Å². The molecule has 3 nitrogen and oxygen atoms in total. The molecule has 0 aliphatic rings. The summed E-state index contributed by atoms with van der Waals surface area (Å²) in [6, 6.07) is 3.15. The Bertz CT molecular complexity index is 472. The summed E-state index contributed by atoms with van der Waals surface area (Å²) >= 11 is 0. The van der Waals surface area contributed by atoms with E-state index in [0.29, 0.717) is 11.1 Å². The van der Waals surface area contributed by atoms with Crippen LogP contribution in [0.4, 0.5) is 10.1 Å². The monoisotopic (exact) mass is 280 g/mol. The minimum Gasteiger partial charge on any atom is -0.371 e. The van der Waals surface area contributed by atoms with E-state index >= 15 is 0 Å². The number of benzene rings is 1. The fraction of sp³-hybridized carbons (Fsp3) is 0.562. The Kier molecular flexibility index (Phi) is 6.14. The number of hydrogen-bond donors (Lipinski definition) is 0. The molecule has 0 bridgehead atoms. The first-order chi connectivity index (χ1) is 9.36. The quantitative estimate of drug-likeness (QED) is 0.717. The van der Waals surface area contributed by atoms with Crippen LogP contribution in [0.15, 0.2) is 12.1 Å². The third-order valence-corrected chi connectivity index (χ3v) is 3.41. The number of aryl methyl sites for hydroxylation is 1. The lowest BCUT2D eigenvalue weighted by atomic mass is 10.0. The molecule has 0 aliphatic heterocycles. The molecule has 4 heteroatoms. The van der Waals surface area contributed by atoms with E-state index in [2.05, 4.69) is 16.7 Å². The van der Waals surface area contributed by atoms with Crippen molar-refractivity contribution >= 4 is 11.5 Å². The lowest BCUT2D eigenvalue weighted by molar-refractivity contribution is 0.101. The zero-order chi connectivity index (χ0) is 15.3. The van der Waals surface area contributed by atoms with Gasteiger partial charge in [0.05, 0.1) is 0 Å². The molecule has 0 radical (unpaired) electrons. The summed E-state index contributed by atoms with van der Waals surface area (Å²) in [6.45, 7) is 7.93. The second kappa shape index (κ2) is 7.39. The number of halogens is 1. The van der Waals surface area contributed by atoms with Gasteiger partial charge in [0.2, 0.25) is 0 Å². The van der Waals surface area contributed by atoms with Gasteiger partial charge in [0.25, 0.3) is 0 Å². The van der Waals surface area contributed by atoms with Crippen LogP contribution < -0.4 is 4.90 Å². The smallest absolute Gasteiger partial charge is 0.161 e. The fourth-order valence-corrected chi connectivity index (χ4v) is 2.24. The molecule has 0 heterocycles. The van der Waals surface area contributed by atoms with Crippen molar-refractivity contribution in [2.24, 2.45) is 0 Å². The van der Waals surface area contributed by atoms with Gasteiger partial charge in [0.1, 0.15) is 5.82 Å². The van der Waals surface area contributed by atoms with E-state index in [1.165, 1.54) is 13.0 Å². The van der Waals surface area contributed by atoms with Crippen molar-refractivity contribution in [1.29, 1.82) is 0 Å². The van der Waals surface area contributed by atoms with Gasteiger partial charge in [0.15, 0.2) is 5.78 Å². The van der Waals surface area contributed by atoms with Gasteiger partial charge in [-0.05, 0) is 65.5 Å². The van der Waals surface area contributed by atoms with Crippen molar-refractivity contribution in [2.45, 2.75) is 27.2 Å². The van der Waals surface area contributed by atoms with Crippen molar-refractivity contribution < 1.29 is 9.18 Å².